The fourth-order valence-electron chi connectivity index (χ4n) is 2.65. The van der Waals surface area contributed by atoms with E-state index < -0.39 is 24.1 Å². The van der Waals surface area contributed by atoms with E-state index in [0.717, 1.165) is 32.1 Å². The van der Waals surface area contributed by atoms with E-state index in [-0.39, 0.29) is 18.9 Å². The lowest BCUT2D eigenvalue weighted by Gasteiger charge is -2.29. The maximum Gasteiger partial charge on any atom is 0.404 e. The van der Waals surface area contributed by atoms with Gasteiger partial charge in [0, 0.05) is 0 Å². The fraction of sp³-hybridized carbons (Fsp3) is 0.923. The van der Waals surface area contributed by atoms with E-state index in [4.69, 9.17) is 10.5 Å². The molecule has 19 heavy (non-hydrogen) atoms. The highest BCUT2D eigenvalue weighted by Crippen LogP contribution is 2.34. The second-order valence-corrected chi connectivity index (χ2v) is 5.17. The summed E-state index contributed by atoms with van der Waals surface area (Å²) in [5, 5.41) is 0. The maximum absolute atomic E-state index is 12.7. The summed E-state index contributed by atoms with van der Waals surface area (Å²) in [7, 11) is 0. The molecule has 0 radical (unpaired) electrons. The van der Waals surface area contributed by atoms with Crippen LogP contribution in [0.4, 0.5) is 13.2 Å². The van der Waals surface area contributed by atoms with Crippen LogP contribution in [0.3, 0.4) is 0 Å². The van der Waals surface area contributed by atoms with Crippen LogP contribution in [-0.2, 0) is 9.53 Å². The summed E-state index contributed by atoms with van der Waals surface area (Å²) in [6.45, 7) is 1.65. The highest BCUT2D eigenvalue weighted by molar-refractivity contribution is 5.73. The monoisotopic (exact) mass is 281 g/mol. The number of rotatable bonds is 5. The van der Waals surface area contributed by atoms with Gasteiger partial charge in [-0.3, -0.25) is 4.79 Å². The van der Waals surface area contributed by atoms with Gasteiger partial charge in [0.2, 0.25) is 0 Å². The predicted molar refractivity (Wildman–Crippen MR) is 65.3 cm³/mol. The van der Waals surface area contributed by atoms with Crippen LogP contribution < -0.4 is 5.73 Å². The quantitative estimate of drug-likeness (QED) is 0.788. The second-order valence-electron chi connectivity index (χ2n) is 5.17. The van der Waals surface area contributed by atoms with Gasteiger partial charge in [0.25, 0.3) is 0 Å². The Morgan fingerprint density at radius 3 is 2.37 bits per heavy atom. The highest BCUT2D eigenvalue weighted by atomic mass is 19.4. The van der Waals surface area contributed by atoms with Gasteiger partial charge in [0.05, 0.1) is 12.5 Å². The number of hydrogen-bond donors (Lipinski definition) is 1. The largest absolute Gasteiger partial charge is 0.466 e. The van der Waals surface area contributed by atoms with Gasteiger partial charge < -0.3 is 10.5 Å². The summed E-state index contributed by atoms with van der Waals surface area (Å²) >= 11 is 0. The molecule has 6 heteroatoms. The molecule has 1 rings (SSSR count). The van der Waals surface area contributed by atoms with Gasteiger partial charge in [-0.15, -0.1) is 0 Å². The average molecular weight is 281 g/mol. The van der Waals surface area contributed by atoms with E-state index in [1.54, 1.807) is 6.92 Å². The van der Waals surface area contributed by atoms with Crippen molar-refractivity contribution in [1.29, 1.82) is 0 Å². The highest BCUT2D eigenvalue weighted by Gasteiger charge is 2.46. The molecule has 0 spiro atoms. The molecule has 3 nitrogen and oxygen atoms in total. The van der Waals surface area contributed by atoms with Gasteiger partial charge in [0.1, 0.15) is 6.04 Å². The molecule has 1 aliphatic carbocycles. The van der Waals surface area contributed by atoms with Crippen LogP contribution >= 0.6 is 0 Å². The summed E-state index contributed by atoms with van der Waals surface area (Å²) in [6.07, 6.45) is 0.515. The molecule has 2 N–H and O–H groups in total. The number of halogens is 3. The van der Waals surface area contributed by atoms with Crippen LogP contribution in [0.2, 0.25) is 0 Å². The molecule has 0 saturated heterocycles. The zero-order valence-corrected chi connectivity index (χ0v) is 11.2. The number of hydrogen-bond acceptors (Lipinski definition) is 3. The van der Waals surface area contributed by atoms with Crippen LogP contribution in [-0.4, -0.2) is 24.8 Å². The minimum absolute atomic E-state index is 0.0740. The molecular formula is C13H22F3NO2. The Bertz CT molecular complexity index is 288. The molecule has 1 aliphatic rings. The molecule has 0 aromatic rings. The summed E-state index contributed by atoms with van der Waals surface area (Å²) < 4.78 is 42.9. The first kappa shape index (κ1) is 16.3. The number of nitrogens with two attached hydrogens (primary N) is 1. The molecule has 112 valence electrons. The Morgan fingerprint density at radius 2 is 1.89 bits per heavy atom. The predicted octanol–water partition coefficient (Wildman–Crippen LogP) is 3.03. The van der Waals surface area contributed by atoms with Gasteiger partial charge >= 0.3 is 12.1 Å². The summed E-state index contributed by atoms with van der Waals surface area (Å²) in [5.41, 5.74) is 5.22. The molecule has 0 aromatic heterocycles. The van der Waals surface area contributed by atoms with Crippen molar-refractivity contribution in [3.8, 4) is 0 Å². The minimum Gasteiger partial charge on any atom is -0.466 e. The van der Waals surface area contributed by atoms with Crippen molar-refractivity contribution in [2.24, 2.45) is 17.6 Å². The van der Waals surface area contributed by atoms with Crippen molar-refractivity contribution < 1.29 is 22.7 Å². The van der Waals surface area contributed by atoms with Crippen molar-refractivity contribution in [2.75, 3.05) is 6.61 Å². The maximum atomic E-state index is 12.7. The zero-order chi connectivity index (χ0) is 14.5. The Labute approximate surface area is 111 Å². The third kappa shape index (κ3) is 5.01. The van der Waals surface area contributed by atoms with E-state index in [1.807, 2.05) is 0 Å². The first-order chi connectivity index (χ1) is 8.86. The van der Waals surface area contributed by atoms with Crippen molar-refractivity contribution in [1.82, 2.24) is 0 Å². The van der Waals surface area contributed by atoms with E-state index in [0.29, 0.717) is 0 Å². The lowest BCUT2D eigenvalue weighted by Crippen LogP contribution is -2.48. The van der Waals surface area contributed by atoms with Crippen LogP contribution in [0.1, 0.15) is 45.4 Å². The molecule has 0 unspecified atom stereocenters. The van der Waals surface area contributed by atoms with Gasteiger partial charge in [-0.25, -0.2) is 0 Å². The fourth-order valence-corrected chi connectivity index (χ4v) is 2.65. The van der Waals surface area contributed by atoms with E-state index >= 15 is 0 Å². The van der Waals surface area contributed by atoms with Gasteiger partial charge in [-0.1, -0.05) is 32.1 Å². The summed E-state index contributed by atoms with van der Waals surface area (Å²) in [6, 6.07) is -2.13. The molecule has 2 atom stereocenters. The number of esters is 1. The Balaban J connectivity index is 2.70. The first-order valence-electron chi connectivity index (χ1n) is 6.85. The second kappa shape index (κ2) is 7.12. The van der Waals surface area contributed by atoms with Crippen molar-refractivity contribution >= 4 is 5.97 Å². The summed E-state index contributed by atoms with van der Waals surface area (Å²) in [4.78, 5) is 11.7. The Hall–Kier alpha value is -0.780. The lowest BCUT2D eigenvalue weighted by molar-refractivity contribution is -0.177. The molecule has 0 amide bonds. The molecular weight excluding hydrogens is 259 g/mol. The first-order valence-corrected chi connectivity index (χ1v) is 6.85. The third-order valence-corrected chi connectivity index (χ3v) is 3.71. The van der Waals surface area contributed by atoms with Crippen molar-refractivity contribution in [3.63, 3.8) is 0 Å². The summed E-state index contributed by atoms with van der Waals surface area (Å²) in [5.74, 6) is -1.95. The molecule has 0 bridgehead atoms. The molecule has 0 aliphatic heterocycles. The molecule has 0 aromatic carbocycles. The van der Waals surface area contributed by atoms with E-state index in [1.165, 1.54) is 0 Å². The van der Waals surface area contributed by atoms with Crippen LogP contribution in [0, 0.1) is 11.8 Å². The molecule has 1 saturated carbocycles. The van der Waals surface area contributed by atoms with E-state index in [9.17, 15) is 18.0 Å². The van der Waals surface area contributed by atoms with E-state index in [2.05, 4.69) is 0 Å². The molecule has 1 fully saturated rings. The minimum atomic E-state index is -4.56. The van der Waals surface area contributed by atoms with Crippen LogP contribution in [0.5, 0.6) is 0 Å². The third-order valence-electron chi connectivity index (χ3n) is 3.71. The normalized spacial score (nSPS) is 20.9. The van der Waals surface area contributed by atoms with Gasteiger partial charge in [-0.05, 0) is 19.3 Å². The lowest BCUT2D eigenvalue weighted by atomic mass is 9.80. The Morgan fingerprint density at radius 1 is 1.32 bits per heavy atom. The number of ether oxygens (including phenoxy) is 1. The van der Waals surface area contributed by atoms with Crippen LogP contribution in [0.25, 0.3) is 0 Å². The average Bonchev–Trinajstić information content (AvgIpc) is 2.35. The van der Waals surface area contributed by atoms with Gasteiger partial charge in [-0.2, -0.15) is 13.2 Å². The van der Waals surface area contributed by atoms with Crippen molar-refractivity contribution in [3.05, 3.63) is 0 Å². The van der Waals surface area contributed by atoms with Crippen molar-refractivity contribution in [2.45, 2.75) is 57.7 Å². The topological polar surface area (TPSA) is 52.3 Å². The zero-order valence-electron chi connectivity index (χ0n) is 11.2. The Kier molecular flexibility index (Phi) is 6.10. The standard InChI is InChI=1S/C13H22F3NO2/c1-2-19-12(18)10(11(17)13(14,15)16)8-9-6-4-3-5-7-9/h9-11H,2-8,17H2,1H3/t10-,11-/m0/s1. The van der Waals surface area contributed by atoms with Crippen LogP contribution in [0.15, 0.2) is 0 Å². The molecule has 0 heterocycles. The van der Waals surface area contributed by atoms with Gasteiger partial charge in [0.15, 0.2) is 0 Å². The number of alkyl halides is 3. The SMILES string of the molecule is CCOC(=O)[C@@H](CC1CCCCC1)[C@H](N)C(F)(F)F. The number of carbonyl (C=O) groups excluding carboxylic acids is 1. The smallest absolute Gasteiger partial charge is 0.404 e. The number of carbonyl (C=O) groups is 1.